The summed E-state index contributed by atoms with van der Waals surface area (Å²) in [5.74, 6) is -0.586. The summed E-state index contributed by atoms with van der Waals surface area (Å²) in [5, 5.41) is 9.47. The zero-order chi connectivity index (χ0) is 13.0. The molecule has 0 spiro atoms. The number of aromatic nitrogens is 2. The summed E-state index contributed by atoms with van der Waals surface area (Å²) in [4.78, 5) is 18.7. The average Bonchev–Trinajstić information content (AvgIpc) is 2.32. The molecule has 0 saturated carbocycles. The fraction of sp³-hybridized carbons (Fsp3) is 0.250. The van der Waals surface area contributed by atoms with Gasteiger partial charge in [-0.15, -0.1) is 0 Å². The summed E-state index contributed by atoms with van der Waals surface area (Å²) in [7, 11) is 0. The van der Waals surface area contributed by atoms with Gasteiger partial charge in [-0.2, -0.15) is 0 Å². The van der Waals surface area contributed by atoms with Crippen LogP contribution < -0.4 is 5.73 Å². The highest BCUT2D eigenvalue weighted by Gasteiger charge is 2.06. The molecule has 0 radical (unpaired) electrons. The molecule has 0 aliphatic heterocycles. The monoisotopic (exact) mass is 233 g/mol. The lowest BCUT2D eigenvalue weighted by Gasteiger charge is -2.02. The fourth-order valence-electron chi connectivity index (χ4n) is 1.30. The van der Waals surface area contributed by atoms with Crippen molar-refractivity contribution in [3.05, 3.63) is 29.5 Å². The number of pyridine rings is 2. The van der Waals surface area contributed by atoms with Gasteiger partial charge in [0.15, 0.2) is 5.65 Å². The number of hydrogen-bond acceptors (Lipinski definition) is 4. The lowest BCUT2D eigenvalue weighted by atomic mass is 10.2. The van der Waals surface area contributed by atoms with E-state index < -0.39 is 5.97 Å². The van der Waals surface area contributed by atoms with Crippen LogP contribution in [0.3, 0.4) is 0 Å². The van der Waals surface area contributed by atoms with Gasteiger partial charge < -0.3 is 10.8 Å². The highest BCUT2D eigenvalue weighted by molar-refractivity contribution is 5.92. The number of carbonyl (C=O) groups is 1. The smallest absolute Gasteiger partial charge is 0.337 e. The van der Waals surface area contributed by atoms with Crippen LogP contribution in [0.2, 0.25) is 0 Å². The number of nitrogens with zero attached hydrogens (tertiary/aromatic N) is 2. The molecule has 0 aliphatic carbocycles. The van der Waals surface area contributed by atoms with Crippen molar-refractivity contribution >= 4 is 22.8 Å². The van der Waals surface area contributed by atoms with Crippen LogP contribution in [0.4, 0.5) is 5.82 Å². The minimum absolute atomic E-state index is 0.147. The SMILES string of the molecule is CC.Cc1cc2cc(C(=O)O)cnc2nc1N. The summed E-state index contributed by atoms with van der Waals surface area (Å²) in [5.41, 5.74) is 7.04. The first kappa shape index (κ1) is 12.9. The van der Waals surface area contributed by atoms with Crippen molar-refractivity contribution in [3.8, 4) is 0 Å². The van der Waals surface area contributed by atoms with Gasteiger partial charge in [0, 0.05) is 11.6 Å². The first-order valence-corrected chi connectivity index (χ1v) is 5.34. The van der Waals surface area contributed by atoms with Crippen molar-refractivity contribution < 1.29 is 9.90 Å². The zero-order valence-corrected chi connectivity index (χ0v) is 10.1. The van der Waals surface area contributed by atoms with Crippen LogP contribution in [0.5, 0.6) is 0 Å². The van der Waals surface area contributed by atoms with Crippen molar-refractivity contribution in [3.63, 3.8) is 0 Å². The standard InChI is InChI=1S/C10H9N3O2.C2H6/c1-5-2-6-3-7(10(14)15)4-12-9(6)13-8(5)11;1-2/h2-4H,1H3,(H,14,15)(H2,11,12,13);1-2H3. The highest BCUT2D eigenvalue weighted by atomic mass is 16.4. The maximum absolute atomic E-state index is 10.7. The Labute approximate surface area is 99.3 Å². The number of carboxylic acids is 1. The number of carboxylic acid groups (broad SMARTS) is 1. The number of aryl methyl sites for hydroxylation is 1. The average molecular weight is 233 g/mol. The Bertz CT molecular complexity index is 553. The molecule has 0 bridgehead atoms. The Morgan fingerprint density at radius 3 is 2.59 bits per heavy atom. The molecule has 5 heteroatoms. The van der Waals surface area contributed by atoms with Crippen LogP contribution in [0, 0.1) is 6.92 Å². The third-order valence-corrected chi connectivity index (χ3v) is 2.14. The van der Waals surface area contributed by atoms with Gasteiger partial charge in [0.25, 0.3) is 0 Å². The summed E-state index contributed by atoms with van der Waals surface area (Å²) in [6.07, 6.45) is 1.27. The van der Waals surface area contributed by atoms with E-state index in [2.05, 4.69) is 9.97 Å². The van der Waals surface area contributed by atoms with E-state index >= 15 is 0 Å². The van der Waals surface area contributed by atoms with E-state index in [4.69, 9.17) is 10.8 Å². The number of anilines is 1. The zero-order valence-electron chi connectivity index (χ0n) is 10.1. The molecule has 0 amide bonds. The van der Waals surface area contributed by atoms with Crippen molar-refractivity contribution in [2.45, 2.75) is 20.8 Å². The number of fused-ring (bicyclic) bond motifs is 1. The van der Waals surface area contributed by atoms with E-state index in [0.717, 1.165) is 5.56 Å². The Kier molecular flexibility index (Phi) is 3.98. The van der Waals surface area contributed by atoms with Gasteiger partial charge in [-0.1, -0.05) is 13.8 Å². The van der Waals surface area contributed by atoms with E-state index in [0.29, 0.717) is 16.9 Å². The van der Waals surface area contributed by atoms with Crippen LogP contribution in [-0.4, -0.2) is 21.0 Å². The van der Waals surface area contributed by atoms with Gasteiger partial charge in [-0.3, -0.25) is 0 Å². The van der Waals surface area contributed by atoms with Crippen molar-refractivity contribution in [1.29, 1.82) is 0 Å². The quantitative estimate of drug-likeness (QED) is 0.788. The first-order valence-electron chi connectivity index (χ1n) is 5.34. The molecular formula is C12H15N3O2. The van der Waals surface area contributed by atoms with Crippen LogP contribution >= 0.6 is 0 Å². The summed E-state index contributed by atoms with van der Waals surface area (Å²) in [6.45, 7) is 5.81. The highest BCUT2D eigenvalue weighted by Crippen LogP contribution is 2.16. The topological polar surface area (TPSA) is 89.1 Å². The maximum atomic E-state index is 10.7. The Morgan fingerprint density at radius 2 is 2.00 bits per heavy atom. The molecule has 2 aromatic heterocycles. The third-order valence-electron chi connectivity index (χ3n) is 2.14. The van der Waals surface area contributed by atoms with Gasteiger partial charge in [0.05, 0.1) is 5.56 Å². The lowest BCUT2D eigenvalue weighted by molar-refractivity contribution is 0.0696. The molecule has 2 heterocycles. The molecule has 5 nitrogen and oxygen atoms in total. The van der Waals surface area contributed by atoms with E-state index in [9.17, 15) is 4.79 Å². The number of nitrogen functional groups attached to an aromatic ring is 1. The fourth-order valence-corrected chi connectivity index (χ4v) is 1.30. The molecule has 2 aromatic rings. The Morgan fingerprint density at radius 1 is 1.35 bits per heavy atom. The van der Waals surface area contributed by atoms with Crippen LogP contribution in [0.25, 0.3) is 11.0 Å². The normalized spacial score (nSPS) is 9.59. The van der Waals surface area contributed by atoms with E-state index in [-0.39, 0.29) is 5.56 Å². The Hall–Kier alpha value is -2.17. The lowest BCUT2D eigenvalue weighted by Crippen LogP contribution is -2.00. The summed E-state index contributed by atoms with van der Waals surface area (Å²) < 4.78 is 0. The molecule has 3 N–H and O–H groups in total. The Balaban J connectivity index is 0.000000686. The predicted molar refractivity (Wildman–Crippen MR) is 67.0 cm³/mol. The van der Waals surface area contributed by atoms with Crippen molar-refractivity contribution in [1.82, 2.24) is 9.97 Å². The van der Waals surface area contributed by atoms with E-state index in [1.165, 1.54) is 12.3 Å². The largest absolute Gasteiger partial charge is 0.478 e. The first-order chi connectivity index (χ1) is 8.08. The van der Waals surface area contributed by atoms with Crippen molar-refractivity contribution in [2.24, 2.45) is 0 Å². The summed E-state index contributed by atoms with van der Waals surface area (Å²) >= 11 is 0. The molecule has 0 fully saturated rings. The second kappa shape index (κ2) is 5.25. The molecule has 2 rings (SSSR count). The number of aromatic carboxylic acids is 1. The molecule has 17 heavy (non-hydrogen) atoms. The second-order valence-electron chi connectivity index (χ2n) is 3.27. The third kappa shape index (κ3) is 2.69. The minimum atomic E-state index is -1.00. The summed E-state index contributed by atoms with van der Waals surface area (Å²) in [6, 6.07) is 3.31. The molecule has 0 aliphatic rings. The molecule has 90 valence electrons. The van der Waals surface area contributed by atoms with Crippen LogP contribution in [0.15, 0.2) is 18.3 Å². The molecule has 0 unspecified atom stereocenters. The number of nitrogens with two attached hydrogens (primary N) is 1. The molecular weight excluding hydrogens is 218 g/mol. The molecule has 0 atom stereocenters. The van der Waals surface area contributed by atoms with Gasteiger partial charge >= 0.3 is 5.97 Å². The second-order valence-corrected chi connectivity index (χ2v) is 3.27. The number of rotatable bonds is 1. The van der Waals surface area contributed by atoms with Crippen LogP contribution in [-0.2, 0) is 0 Å². The predicted octanol–water partition coefficient (Wildman–Crippen LogP) is 2.24. The van der Waals surface area contributed by atoms with Gasteiger partial charge in [0.1, 0.15) is 5.82 Å². The van der Waals surface area contributed by atoms with Gasteiger partial charge in [-0.25, -0.2) is 14.8 Å². The van der Waals surface area contributed by atoms with Crippen LogP contribution in [0.1, 0.15) is 29.8 Å². The molecule has 0 saturated heterocycles. The van der Waals surface area contributed by atoms with E-state index in [1.807, 2.05) is 20.8 Å². The van der Waals surface area contributed by atoms with Gasteiger partial charge in [0.2, 0.25) is 0 Å². The maximum Gasteiger partial charge on any atom is 0.337 e. The van der Waals surface area contributed by atoms with E-state index in [1.54, 1.807) is 6.07 Å². The minimum Gasteiger partial charge on any atom is -0.478 e. The van der Waals surface area contributed by atoms with Crippen molar-refractivity contribution in [2.75, 3.05) is 5.73 Å². The van der Waals surface area contributed by atoms with Gasteiger partial charge in [-0.05, 0) is 24.6 Å². The number of hydrogen-bond donors (Lipinski definition) is 2. The molecule has 0 aromatic carbocycles.